The highest BCUT2D eigenvalue weighted by Crippen LogP contribution is 2.36. The number of carbonyl (C=O) groups is 2. The van der Waals surface area contributed by atoms with Gasteiger partial charge in [-0.15, -0.1) is 0 Å². The number of fused-ring (bicyclic) bond motifs is 2. The number of rotatable bonds is 2. The smallest absolute Gasteiger partial charge is 0.370 e. The minimum absolute atomic E-state index is 0.0882. The van der Waals surface area contributed by atoms with Crippen LogP contribution >= 0.6 is 0 Å². The fourth-order valence-corrected chi connectivity index (χ4v) is 3.39. The molecule has 0 bridgehead atoms. The number of allylic oxidation sites excluding steroid dienone is 2. The third-order valence-corrected chi connectivity index (χ3v) is 4.67. The summed E-state index contributed by atoms with van der Waals surface area (Å²) in [6, 6.07) is 10.2. The molecule has 28 heavy (non-hydrogen) atoms. The Morgan fingerprint density at radius 3 is 2.32 bits per heavy atom. The number of hydrogen-bond donors (Lipinski definition) is 0. The third kappa shape index (κ3) is 2.47. The van der Waals surface area contributed by atoms with Crippen LogP contribution in [0.15, 0.2) is 48.6 Å². The summed E-state index contributed by atoms with van der Waals surface area (Å²) < 4.78 is 5.21. The van der Waals surface area contributed by atoms with Crippen molar-refractivity contribution in [3.63, 3.8) is 0 Å². The highest BCUT2D eigenvalue weighted by Gasteiger charge is 2.34. The first-order valence-corrected chi connectivity index (χ1v) is 8.25. The second-order valence-corrected chi connectivity index (χ2v) is 6.11. The summed E-state index contributed by atoms with van der Waals surface area (Å²) in [4.78, 5) is 30.8. The van der Waals surface area contributed by atoms with Gasteiger partial charge >= 0.3 is 11.4 Å². The number of ether oxygens (including phenoxy) is 1. The van der Waals surface area contributed by atoms with Gasteiger partial charge < -0.3 is 15.8 Å². The quantitative estimate of drug-likeness (QED) is 0.597. The molecule has 0 amide bonds. The average Bonchev–Trinajstić information content (AvgIpc) is 2.72. The minimum Gasteiger partial charge on any atom is -0.497 e. The van der Waals surface area contributed by atoms with Gasteiger partial charge in [-0.25, -0.2) is 0 Å². The summed E-state index contributed by atoms with van der Waals surface area (Å²) in [5, 5.41) is 0. The van der Waals surface area contributed by atoms with Crippen LogP contribution in [0.2, 0.25) is 0 Å². The van der Waals surface area contributed by atoms with Gasteiger partial charge in [0.1, 0.15) is 5.75 Å². The van der Waals surface area contributed by atoms with Crippen molar-refractivity contribution >= 4 is 28.6 Å². The normalized spacial score (nSPS) is 14.7. The van der Waals surface area contributed by atoms with Crippen LogP contribution in [0.4, 0.5) is 0 Å². The van der Waals surface area contributed by atoms with Crippen LogP contribution in [-0.2, 0) is 9.59 Å². The number of carbonyl (C=O) groups excluding carboxylic acids is 2. The molecular weight excluding hydrogens is 356 g/mol. The second kappa shape index (κ2) is 6.52. The van der Waals surface area contributed by atoms with Crippen molar-refractivity contribution in [1.82, 2.24) is 0 Å². The molecule has 7 heteroatoms. The zero-order chi connectivity index (χ0) is 19.8. The monoisotopic (exact) mass is 367 g/mol. The lowest BCUT2D eigenvalue weighted by Crippen LogP contribution is -2.23. The van der Waals surface area contributed by atoms with Gasteiger partial charge in [-0.2, -0.15) is 9.58 Å². The van der Waals surface area contributed by atoms with Crippen LogP contribution in [0, 0.1) is 6.08 Å². The lowest BCUT2D eigenvalue weighted by molar-refractivity contribution is -0.113. The summed E-state index contributed by atoms with van der Waals surface area (Å²) >= 11 is 0. The molecule has 133 valence electrons. The summed E-state index contributed by atoms with van der Waals surface area (Å²) in [7, 11) is 1.50. The maximum Gasteiger partial charge on any atom is 0.370 e. The van der Waals surface area contributed by atoms with E-state index in [9.17, 15) is 20.7 Å². The van der Waals surface area contributed by atoms with Gasteiger partial charge in [0.05, 0.1) is 18.2 Å². The van der Waals surface area contributed by atoms with Crippen molar-refractivity contribution in [3.8, 4) is 5.75 Å². The molecule has 2 aliphatic carbocycles. The summed E-state index contributed by atoms with van der Waals surface area (Å²) in [6.07, 6.45) is 5.48. The van der Waals surface area contributed by atoms with Gasteiger partial charge in [0, 0.05) is 17.7 Å². The summed E-state index contributed by atoms with van der Waals surface area (Å²) in [5.41, 5.74) is 21.6. The van der Waals surface area contributed by atoms with E-state index in [1.165, 1.54) is 19.3 Å². The SMILES string of the molecule is COc1ccc2c(c1)C(=[N+]=[N-])C(=O)C=C2c1cccc2c1[C]=CC(=O)C2=[N+]=[N-]. The van der Waals surface area contributed by atoms with Crippen LogP contribution in [0.5, 0.6) is 5.75 Å². The predicted octanol–water partition coefficient (Wildman–Crippen LogP) is 2.04. The molecule has 0 unspecified atom stereocenters. The first kappa shape index (κ1) is 17.2. The molecule has 0 atom stereocenters. The Balaban J connectivity index is 2.01. The van der Waals surface area contributed by atoms with Crippen molar-refractivity contribution in [1.29, 1.82) is 0 Å². The maximum atomic E-state index is 12.6. The van der Waals surface area contributed by atoms with Gasteiger partial charge in [0.15, 0.2) is 0 Å². The van der Waals surface area contributed by atoms with E-state index in [0.717, 1.165) is 0 Å². The standard InChI is InChI=1S/C21H11N4O3/c1-28-11-5-6-14-16(10-19(27)21(25-23)17(14)9-11)12-3-2-4-15-13(12)7-8-18(26)20(15)24-22/h2-6,8-10H,1H3. The van der Waals surface area contributed by atoms with Crippen molar-refractivity contribution < 1.29 is 23.9 Å². The summed E-state index contributed by atoms with van der Waals surface area (Å²) in [5.74, 6) is -0.417. The second-order valence-electron chi connectivity index (χ2n) is 6.11. The Labute approximate surface area is 159 Å². The Morgan fingerprint density at radius 2 is 1.61 bits per heavy atom. The van der Waals surface area contributed by atoms with E-state index in [2.05, 4.69) is 15.7 Å². The molecule has 0 heterocycles. The van der Waals surface area contributed by atoms with Crippen LogP contribution in [-0.4, -0.2) is 39.7 Å². The predicted molar refractivity (Wildman–Crippen MR) is 98.9 cm³/mol. The fraction of sp³-hybridized carbons (Fsp3) is 0.0476. The van der Waals surface area contributed by atoms with Crippen LogP contribution in [0.25, 0.3) is 16.6 Å². The maximum absolute atomic E-state index is 12.6. The van der Waals surface area contributed by atoms with E-state index < -0.39 is 11.6 Å². The van der Waals surface area contributed by atoms with Gasteiger partial charge in [-0.05, 0) is 47.0 Å². The Hall–Kier alpha value is -4.18. The molecule has 2 aromatic carbocycles. The molecular formula is C21H11N4O3. The summed E-state index contributed by atoms with van der Waals surface area (Å²) in [6.45, 7) is 0. The highest BCUT2D eigenvalue weighted by molar-refractivity contribution is 6.51. The Bertz CT molecular complexity index is 1240. The first-order valence-electron chi connectivity index (χ1n) is 8.25. The highest BCUT2D eigenvalue weighted by atomic mass is 16.5. The number of ketones is 2. The number of hydrogen-bond acceptors (Lipinski definition) is 3. The van der Waals surface area contributed by atoms with Gasteiger partial charge in [0.25, 0.3) is 11.6 Å². The van der Waals surface area contributed by atoms with E-state index in [1.54, 1.807) is 36.4 Å². The molecule has 0 aliphatic heterocycles. The molecule has 2 aliphatic rings. The van der Waals surface area contributed by atoms with Crippen molar-refractivity contribution in [2.45, 2.75) is 0 Å². The van der Waals surface area contributed by atoms with E-state index in [1.807, 2.05) is 0 Å². The third-order valence-electron chi connectivity index (χ3n) is 4.67. The van der Waals surface area contributed by atoms with Crippen molar-refractivity contribution in [2.75, 3.05) is 7.11 Å². The van der Waals surface area contributed by atoms with Gasteiger partial charge in [-0.3, -0.25) is 9.59 Å². The molecule has 0 saturated heterocycles. The van der Waals surface area contributed by atoms with E-state index in [4.69, 9.17) is 4.74 Å². The molecule has 0 aromatic heterocycles. The topological polar surface area (TPSA) is 116 Å². The lowest BCUT2D eigenvalue weighted by Gasteiger charge is -2.19. The minimum atomic E-state index is -0.470. The van der Waals surface area contributed by atoms with Crippen molar-refractivity contribution in [2.24, 2.45) is 0 Å². The zero-order valence-electron chi connectivity index (χ0n) is 14.6. The van der Waals surface area contributed by atoms with E-state index in [-0.39, 0.29) is 11.4 Å². The number of methoxy groups -OCH3 is 1. The molecule has 7 nitrogen and oxygen atoms in total. The van der Waals surface area contributed by atoms with Crippen LogP contribution in [0.3, 0.4) is 0 Å². The molecule has 2 aromatic rings. The van der Waals surface area contributed by atoms with Crippen LogP contribution < -0.4 is 4.74 Å². The van der Waals surface area contributed by atoms with Crippen molar-refractivity contribution in [3.05, 3.63) is 93.5 Å². The zero-order valence-corrected chi connectivity index (χ0v) is 14.6. The average molecular weight is 367 g/mol. The molecule has 0 saturated carbocycles. The molecule has 0 N–H and O–H groups in total. The fourth-order valence-electron chi connectivity index (χ4n) is 3.39. The first-order chi connectivity index (χ1) is 13.6. The number of benzene rings is 2. The number of nitrogens with zero attached hydrogens (tertiary/aromatic N) is 4. The molecule has 1 radical (unpaired) electrons. The largest absolute Gasteiger partial charge is 0.497 e. The Morgan fingerprint density at radius 1 is 0.893 bits per heavy atom. The van der Waals surface area contributed by atoms with E-state index in [0.29, 0.717) is 39.1 Å². The van der Waals surface area contributed by atoms with Gasteiger partial charge in [-0.1, -0.05) is 12.1 Å². The lowest BCUT2D eigenvalue weighted by atomic mass is 9.81. The van der Waals surface area contributed by atoms with Crippen LogP contribution in [0.1, 0.15) is 27.8 Å². The van der Waals surface area contributed by atoms with E-state index >= 15 is 0 Å². The Kier molecular flexibility index (Phi) is 4.02. The van der Waals surface area contributed by atoms with Gasteiger partial charge in [0.2, 0.25) is 0 Å². The molecule has 4 rings (SSSR count). The molecule has 0 spiro atoms. The molecule has 0 fully saturated rings.